The van der Waals surface area contributed by atoms with Crippen molar-refractivity contribution in [1.82, 2.24) is 10.6 Å². The fraction of sp³-hybridized carbons (Fsp3) is 0.727. The molecule has 1 heterocycles. The zero-order chi connectivity index (χ0) is 10.2. The number of amides is 1. The Morgan fingerprint density at radius 2 is 2.50 bits per heavy atom. The molecule has 1 fully saturated rings. The van der Waals surface area contributed by atoms with Crippen LogP contribution in [0.3, 0.4) is 0 Å². The van der Waals surface area contributed by atoms with Crippen molar-refractivity contribution in [1.29, 1.82) is 0 Å². The van der Waals surface area contributed by atoms with E-state index in [2.05, 4.69) is 16.6 Å². The molecule has 0 saturated carbocycles. The van der Waals surface area contributed by atoms with Crippen LogP contribution in [0.2, 0.25) is 0 Å². The van der Waals surface area contributed by atoms with Crippen LogP contribution in [0, 0.1) is 18.3 Å². The smallest absolute Gasteiger partial charge is 0.220 e. The summed E-state index contributed by atoms with van der Waals surface area (Å²) in [5, 5.41) is 6.10. The highest BCUT2D eigenvalue weighted by atomic mass is 16.1. The van der Waals surface area contributed by atoms with Gasteiger partial charge in [0.2, 0.25) is 5.91 Å². The fourth-order valence-corrected chi connectivity index (χ4v) is 1.66. The van der Waals surface area contributed by atoms with E-state index in [-0.39, 0.29) is 5.91 Å². The second-order valence-electron chi connectivity index (χ2n) is 3.70. The van der Waals surface area contributed by atoms with E-state index in [9.17, 15) is 4.79 Å². The first kappa shape index (κ1) is 11.1. The summed E-state index contributed by atoms with van der Waals surface area (Å²) in [6.45, 7) is 2.78. The van der Waals surface area contributed by atoms with Crippen LogP contribution in [-0.4, -0.2) is 25.5 Å². The van der Waals surface area contributed by atoms with Gasteiger partial charge in [-0.05, 0) is 31.8 Å². The lowest BCUT2D eigenvalue weighted by molar-refractivity contribution is -0.121. The van der Waals surface area contributed by atoms with Gasteiger partial charge in [-0.25, -0.2) is 0 Å². The van der Waals surface area contributed by atoms with E-state index in [1.165, 1.54) is 6.42 Å². The van der Waals surface area contributed by atoms with Crippen LogP contribution >= 0.6 is 0 Å². The van der Waals surface area contributed by atoms with Gasteiger partial charge in [-0.1, -0.05) is 0 Å². The lowest BCUT2D eigenvalue weighted by atomic mass is 10.0. The fourth-order valence-electron chi connectivity index (χ4n) is 1.66. The summed E-state index contributed by atoms with van der Waals surface area (Å²) in [5.41, 5.74) is 0. The Labute approximate surface area is 85.6 Å². The molecule has 0 aromatic heterocycles. The van der Waals surface area contributed by atoms with E-state index in [0.29, 0.717) is 25.3 Å². The number of carbonyl (C=O) groups is 1. The lowest BCUT2D eigenvalue weighted by Crippen LogP contribution is -2.24. The van der Waals surface area contributed by atoms with Crippen LogP contribution in [0.5, 0.6) is 0 Å². The van der Waals surface area contributed by atoms with Crippen molar-refractivity contribution in [3.05, 3.63) is 0 Å². The molecule has 0 bridgehead atoms. The van der Waals surface area contributed by atoms with E-state index in [1.54, 1.807) is 0 Å². The Kier molecular flexibility index (Phi) is 5.09. The summed E-state index contributed by atoms with van der Waals surface area (Å²) in [7, 11) is 0. The van der Waals surface area contributed by atoms with E-state index >= 15 is 0 Å². The molecule has 1 aliphatic rings. The first-order valence-electron chi connectivity index (χ1n) is 5.24. The Morgan fingerprint density at radius 1 is 1.64 bits per heavy atom. The van der Waals surface area contributed by atoms with Crippen LogP contribution in [0.15, 0.2) is 0 Å². The molecule has 0 aromatic carbocycles. The van der Waals surface area contributed by atoms with Gasteiger partial charge in [-0.3, -0.25) is 4.79 Å². The van der Waals surface area contributed by atoms with Crippen LogP contribution in [0.25, 0.3) is 0 Å². The van der Waals surface area contributed by atoms with Gasteiger partial charge < -0.3 is 10.6 Å². The van der Waals surface area contributed by atoms with Gasteiger partial charge in [0.15, 0.2) is 0 Å². The van der Waals surface area contributed by atoms with Crippen LogP contribution in [-0.2, 0) is 4.79 Å². The summed E-state index contributed by atoms with van der Waals surface area (Å²) < 4.78 is 0. The Hall–Kier alpha value is -1.01. The van der Waals surface area contributed by atoms with Crippen LogP contribution in [0.1, 0.15) is 25.7 Å². The van der Waals surface area contributed by atoms with Gasteiger partial charge >= 0.3 is 0 Å². The molecule has 78 valence electrons. The zero-order valence-electron chi connectivity index (χ0n) is 8.51. The van der Waals surface area contributed by atoms with Gasteiger partial charge in [0.05, 0.1) is 0 Å². The van der Waals surface area contributed by atoms with Crippen molar-refractivity contribution in [2.75, 3.05) is 19.6 Å². The highest BCUT2D eigenvalue weighted by Gasteiger charge is 2.15. The molecule has 0 spiro atoms. The van der Waals surface area contributed by atoms with Crippen LogP contribution in [0.4, 0.5) is 0 Å². The average Bonchev–Trinajstić information content (AvgIpc) is 2.68. The van der Waals surface area contributed by atoms with E-state index in [0.717, 1.165) is 19.5 Å². The van der Waals surface area contributed by atoms with Gasteiger partial charge in [-0.15, -0.1) is 12.3 Å². The van der Waals surface area contributed by atoms with Crippen molar-refractivity contribution in [2.45, 2.75) is 25.7 Å². The number of rotatable bonds is 5. The summed E-state index contributed by atoms with van der Waals surface area (Å²) in [5.74, 6) is 3.32. The number of hydrogen-bond donors (Lipinski definition) is 2. The van der Waals surface area contributed by atoms with Crippen molar-refractivity contribution < 1.29 is 4.79 Å². The lowest BCUT2D eigenvalue weighted by Gasteiger charge is -2.07. The van der Waals surface area contributed by atoms with Gasteiger partial charge in [0.25, 0.3) is 0 Å². The average molecular weight is 194 g/mol. The number of nitrogens with one attached hydrogen (secondary N) is 2. The van der Waals surface area contributed by atoms with Crippen molar-refractivity contribution >= 4 is 5.91 Å². The minimum absolute atomic E-state index is 0.132. The minimum atomic E-state index is 0.132. The quantitative estimate of drug-likeness (QED) is 0.495. The monoisotopic (exact) mass is 194 g/mol. The van der Waals surface area contributed by atoms with Crippen molar-refractivity contribution in [3.63, 3.8) is 0 Å². The van der Waals surface area contributed by atoms with Gasteiger partial charge in [0, 0.05) is 19.4 Å². The highest BCUT2D eigenvalue weighted by molar-refractivity contribution is 5.75. The van der Waals surface area contributed by atoms with Crippen molar-refractivity contribution in [3.8, 4) is 12.3 Å². The molecular weight excluding hydrogens is 176 g/mol. The third-order valence-electron chi connectivity index (χ3n) is 2.53. The molecule has 2 N–H and O–H groups in total. The molecule has 0 aromatic rings. The van der Waals surface area contributed by atoms with Gasteiger partial charge in [-0.2, -0.15) is 0 Å². The third-order valence-corrected chi connectivity index (χ3v) is 2.53. The molecule has 3 heteroatoms. The topological polar surface area (TPSA) is 41.1 Å². The second kappa shape index (κ2) is 6.44. The molecule has 1 saturated heterocycles. The molecule has 0 aliphatic carbocycles. The second-order valence-corrected chi connectivity index (χ2v) is 3.70. The molecule has 3 nitrogen and oxygen atoms in total. The van der Waals surface area contributed by atoms with E-state index in [4.69, 9.17) is 6.42 Å². The first-order chi connectivity index (χ1) is 6.83. The zero-order valence-corrected chi connectivity index (χ0v) is 8.51. The molecule has 1 atom stereocenters. The molecule has 1 rings (SSSR count). The molecule has 1 amide bonds. The predicted octanol–water partition coefficient (Wildman–Crippen LogP) is 0.516. The third kappa shape index (κ3) is 4.29. The highest BCUT2D eigenvalue weighted by Crippen LogP contribution is 2.13. The predicted molar refractivity (Wildman–Crippen MR) is 56.7 cm³/mol. The molecular formula is C11H18N2O. The maximum absolute atomic E-state index is 11.3. The largest absolute Gasteiger partial charge is 0.355 e. The Bertz CT molecular complexity index is 214. The van der Waals surface area contributed by atoms with Gasteiger partial charge in [0.1, 0.15) is 0 Å². The molecule has 14 heavy (non-hydrogen) atoms. The maximum Gasteiger partial charge on any atom is 0.220 e. The first-order valence-corrected chi connectivity index (χ1v) is 5.24. The SMILES string of the molecule is C#CCCNC(=O)CCC1CCNC1. The summed E-state index contributed by atoms with van der Waals surface area (Å²) in [6.07, 6.45) is 8.54. The van der Waals surface area contributed by atoms with Crippen LogP contribution < -0.4 is 10.6 Å². The normalized spacial score (nSPS) is 20.4. The summed E-state index contributed by atoms with van der Waals surface area (Å²) in [6, 6.07) is 0. The summed E-state index contributed by atoms with van der Waals surface area (Å²) >= 11 is 0. The minimum Gasteiger partial charge on any atom is -0.355 e. The summed E-state index contributed by atoms with van der Waals surface area (Å²) in [4.78, 5) is 11.3. The number of terminal acetylenes is 1. The number of hydrogen-bond acceptors (Lipinski definition) is 2. The van der Waals surface area contributed by atoms with Crippen molar-refractivity contribution in [2.24, 2.45) is 5.92 Å². The van der Waals surface area contributed by atoms with E-state index < -0.39 is 0 Å². The molecule has 1 aliphatic heterocycles. The van der Waals surface area contributed by atoms with E-state index in [1.807, 2.05) is 0 Å². The molecule has 1 unspecified atom stereocenters. The standard InChI is InChI=1S/C11H18N2O/c1-2-3-7-13-11(14)5-4-10-6-8-12-9-10/h1,10,12H,3-9H2,(H,13,14). The molecule has 0 radical (unpaired) electrons. The Balaban J connectivity index is 2.00. The Morgan fingerprint density at radius 3 is 3.14 bits per heavy atom. The number of carbonyl (C=O) groups excluding carboxylic acids is 1. The maximum atomic E-state index is 11.3.